The molecule has 15 heteroatoms. The zero-order valence-corrected chi connectivity index (χ0v) is 34.4. The van der Waals surface area contributed by atoms with E-state index in [9.17, 15) is 49.1 Å². The lowest BCUT2D eigenvalue weighted by Crippen LogP contribution is -2.41. The molecule has 6 N–H and O–H groups in total. The highest BCUT2D eigenvalue weighted by Crippen LogP contribution is 2.45. The van der Waals surface area contributed by atoms with E-state index >= 15 is 0 Å². The highest BCUT2D eigenvalue weighted by atomic mass is 19.4. The molecule has 6 aromatic carbocycles. The third-order valence-electron chi connectivity index (χ3n) is 10.6. The second-order valence-corrected chi connectivity index (χ2v) is 16.3. The largest absolute Gasteiger partial charge is 0.417 e. The van der Waals surface area contributed by atoms with Crippen LogP contribution in [-0.4, -0.2) is 11.8 Å². The predicted octanol–water partition coefficient (Wildman–Crippen LogP) is 12.7. The molecule has 6 aromatic rings. The van der Waals surface area contributed by atoms with Gasteiger partial charge in [-0.2, -0.15) is 39.5 Å². The molecule has 6 rings (SSSR count). The first-order valence-corrected chi connectivity index (χ1v) is 19.3. The minimum absolute atomic E-state index is 0.0253. The van der Waals surface area contributed by atoms with E-state index in [1.807, 2.05) is 0 Å². The van der Waals surface area contributed by atoms with E-state index in [0.29, 0.717) is 34.4 Å². The Balaban J connectivity index is 1.16. The van der Waals surface area contributed by atoms with Gasteiger partial charge in [-0.1, -0.05) is 66.7 Å². The fraction of sp³-hybridized carbons (Fsp3) is 0.208. The van der Waals surface area contributed by atoms with Gasteiger partial charge in [0, 0.05) is 28.0 Å². The quantitative estimate of drug-likeness (QED) is 0.0856. The number of alkyl halides is 9. The van der Waals surface area contributed by atoms with Gasteiger partial charge in [-0.3, -0.25) is 9.59 Å². The van der Waals surface area contributed by atoms with E-state index in [1.165, 1.54) is 56.3 Å². The van der Waals surface area contributed by atoms with Crippen molar-refractivity contribution in [2.45, 2.75) is 64.2 Å². The number of benzene rings is 6. The summed E-state index contributed by atoms with van der Waals surface area (Å²) in [6.07, 6.45) is -14.8. The van der Waals surface area contributed by atoms with Gasteiger partial charge in [-0.25, -0.2) is 0 Å². The Morgan fingerprint density at radius 2 is 0.921 bits per heavy atom. The molecule has 0 aliphatic rings. The lowest BCUT2D eigenvalue weighted by molar-refractivity contribution is -0.139. The third-order valence-corrected chi connectivity index (χ3v) is 10.6. The summed E-state index contributed by atoms with van der Waals surface area (Å²) >= 11 is 0. The highest BCUT2D eigenvalue weighted by molar-refractivity contribution is 6.04. The molecular formula is C48H41F9N4O2. The summed E-state index contributed by atoms with van der Waals surface area (Å²) in [7, 11) is 0. The molecular weight excluding hydrogens is 836 g/mol. The van der Waals surface area contributed by atoms with Crippen LogP contribution in [-0.2, 0) is 29.6 Å². The maximum absolute atomic E-state index is 14.4. The number of aryl methyl sites for hydroxylation is 1. The van der Waals surface area contributed by atoms with Crippen LogP contribution in [0, 0.1) is 6.92 Å². The molecule has 0 saturated heterocycles. The fourth-order valence-electron chi connectivity index (χ4n) is 7.15. The van der Waals surface area contributed by atoms with Crippen molar-refractivity contribution in [3.8, 4) is 33.4 Å². The van der Waals surface area contributed by atoms with Gasteiger partial charge in [-0.15, -0.1) is 0 Å². The number of anilines is 2. The fourth-order valence-corrected chi connectivity index (χ4v) is 7.15. The molecule has 0 unspecified atom stereocenters. The van der Waals surface area contributed by atoms with Crippen molar-refractivity contribution < 1.29 is 49.1 Å². The van der Waals surface area contributed by atoms with Crippen molar-refractivity contribution >= 4 is 23.2 Å². The molecule has 0 fully saturated rings. The number of carbonyl (C=O) groups excluding carboxylic acids is 2. The van der Waals surface area contributed by atoms with Gasteiger partial charge in [0.2, 0.25) is 0 Å². The van der Waals surface area contributed by atoms with E-state index in [1.54, 1.807) is 63.2 Å². The van der Waals surface area contributed by atoms with E-state index < -0.39 is 69.2 Å². The van der Waals surface area contributed by atoms with Crippen LogP contribution in [0.2, 0.25) is 0 Å². The highest BCUT2D eigenvalue weighted by Gasteiger charge is 2.40. The molecule has 0 aromatic heterocycles. The Morgan fingerprint density at radius 3 is 1.43 bits per heavy atom. The Morgan fingerprint density at radius 1 is 0.492 bits per heavy atom. The lowest BCUT2D eigenvalue weighted by Gasteiger charge is -2.29. The van der Waals surface area contributed by atoms with Gasteiger partial charge in [-0.05, 0) is 139 Å². The number of hydrogen-bond donors (Lipinski definition) is 4. The predicted molar refractivity (Wildman–Crippen MR) is 225 cm³/mol. The van der Waals surface area contributed by atoms with Gasteiger partial charge >= 0.3 is 18.5 Å². The van der Waals surface area contributed by atoms with Crippen LogP contribution in [0.3, 0.4) is 0 Å². The Labute approximate surface area is 357 Å². The molecule has 0 radical (unpaired) electrons. The molecule has 63 heavy (non-hydrogen) atoms. The summed E-state index contributed by atoms with van der Waals surface area (Å²) in [5, 5.41) is 5.22. The number of nitrogens with two attached hydrogens (primary N) is 2. The normalized spacial score (nSPS) is 12.6. The van der Waals surface area contributed by atoms with Crippen LogP contribution in [0.25, 0.3) is 33.4 Å². The molecule has 6 nitrogen and oxygen atoms in total. The molecule has 0 spiro atoms. The van der Waals surface area contributed by atoms with E-state index in [4.69, 9.17) is 11.5 Å². The van der Waals surface area contributed by atoms with Crippen LogP contribution >= 0.6 is 0 Å². The summed E-state index contributed by atoms with van der Waals surface area (Å²) in [5.41, 5.74) is 7.44. The van der Waals surface area contributed by atoms with Crippen LogP contribution in [0.5, 0.6) is 0 Å². The Kier molecular flexibility index (Phi) is 12.1. The number of nitrogen functional groups attached to an aromatic ring is 1. The summed E-state index contributed by atoms with van der Waals surface area (Å²) < 4.78 is 128. The van der Waals surface area contributed by atoms with Gasteiger partial charge in [0.05, 0.1) is 22.2 Å². The first-order valence-electron chi connectivity index (χ1n) is 19.3. The van der Waals surface area contributed by atoms with E-state index in [-0.39, 0.29) is 33.6 Å². The van der Waals surface area contributed by atoms with Crippen LogP contribution in [0.1, 0.15) is 81.8 Å². The number of halogens is 9. The molecule has 0 heterocycles. The van der Waals surface area contributed by atoms with Gasteiger partial charge in [0.25, 0.3) is 11.8 Å². The second-order valence-electron chi connectivity index (χ2n) is 16.3. The van der Waals surface area contributed by atoms with Gasteiger partial charge in [0.15, 0.2) is 0 Å². The molecule has 0 aliphatic heterocycles. The molecule has 2 amide bonds. The summed E-state index contributed by atoms with van der Waals surface area (Å²) in [4.78, 5) is 26.5. The summed E-state index contributed by atoms with van der Waals surface area (Å²) in [6.45, 7) is 8.19. The second kappa shape index (κ2) is 16.6. The smallest absolute Gasteiger partial charge is 0.399 e. The maximum atomic E-state index is 14.4. The number of amides is 2. The molecule has 0 atom stereocenters. The molecule has 328 valence electrons. The van der Waals surface area contributed by atoms with Crippen LogP contribution < -0.4 is 22.1 Å². The third kappa shape index (κ3) is 10.2. The first-order chi connectivity index (χ1) is 29.1. The van der Waals surface area contributed by atoms with Crippen molar-refractivity contribution in [1.29, 1.82) is 0 Å². The Hall–Kier alpha value is -6.61. The van der Waals surface area contributed by atoms with E-state index in [0.717, 1.165) is 29.8 Å². The van der Waals surface area contributed by atoms with Crippen molar-refractivity contribution in [2.24, 2.45) is 5.73 Å². The molecule has 0 aliphatic carbocycles. The minimum Gasteiger partial charge on any atom is -0.399 e. The molecule has 0 bridgehead atoms. The maximum Gasteiger partial charge on any atom is 0.417 e. The first kappa shape index (κ1) is 45.9. The minimum atomic E-state index is -5.06. The SMILES string of the molecule is Cc1cc(C(C)(C)N)ccc1-c1ccc(NC(=O)c2ccc(-c3ccc(C(=O)NC(C)(C)c4ccc(-c5ccc(N)cc5C(F)(F)F)c(C(F)(F)F)c4)cc3)cc2)cc1C(F)(F)F. The van der Waals surface area contributed by atoms with E-state index in [2.05, 4.69) is 10.6 Å². The van der Waals surface area contributed by atoms with Crippen LogP contribution in [0.4, 0.5) is 50.9 Å². The van der Waals surface area contributed by atoms with Gasteiger partial charge in [0.1, 0.15) is 0 Å². The zero-order chi connectivity index (χ0) is 46.4. The summed E-state index contributed by atoms with van der Waals surface area (Å²) in [5.74, 6) is -1.31. The van der Waals surface area contributed by atoms with Crippen molar-refractivity contribution in [3.05, 3.63) is 166 Å². The van der Waals surface area contributed by atoms with Crippen molar-refractivity contribution in [3.63, 3.8) is 0 Å². The van der Waals surface area contributed by atoms with Crippen LogP contribution in [0.15, 0.2) is 121 Å². The number of hydrogen-bond acceptors (Lipinski definition) is 4. The average Bonchev–Trinajstić information content (AvgIpc) is 3.19. The van der Waals surface area contributed by atoms with Crippen molar-refractivity contribution in [2.75, 3.05) is 11.1 Å². The Bertz CT molecular complexity index is 2700. The monoisotopic (exact) mass is 876 g/mol. The van der Waals surface area contributed by atoms with Gasteiger partial charge < -0.3 is 22.1 Å². The van der Waals surface area contributed by atoms with Crippen molar-refractivity contribution in [1.82, 2.24) is 5.32 Å². The zero-order valence-electron chi connectivity index (χ0n) is 34.4. The lowest BCUT2D eigenvalue weighted by atomic mass is 9.87. The number of nitrogens with one attached hydrogen (secondary N) is 2. The number of rotatable bonds is 9. The summed E-state index contributed by atoms with van der Waals surface area (Å²) in [6, 6.07) is 26.3. The standard InChI is InChI=1S/C48H41F9N4O2/c1-26-22-31(44(2,3)59)14-18-35(26)36-21-17-34(25-41(36)48(55,56)57)60-42(62)29-10-6-27(7-11-29)28-8-12-30(13-9-28)43(63)61-45(4,5)32-15-19-37(39(23-32)46(49,50)51)38-20-16-33(58)24-40(38)47(52,53)54/h6-25H,58-59H2,1-5H3,(H,60,62)(H,61,63). The average molecular weight is 877 g/mol. The topological polar surface area (TPSA) is 110 Å². The molecule has 0 saturated carbocycles. The number of carbonyl (C=O) groups is 2.